The van der Waals surface area contributed by atoms with Gasteiger partial charge in [0.15, 0.2) is 6.04 Å². The van der Waals surface area contributed by atoms with Gasteiger partial charge in [0.05, 0.1) is 20.3 Å². The summed E-state index contributed by atoms with van der Waals surface area (Å²) in [5.41, 5.74) is 0. The van der Waals surface area contributed by atoms with E-state index < -0.39 is 18.1 Å². The van der Waals surface area contributed by atoms with Crippen molar-refractivity contribution in [3.63, 3.8) is 0 Å². The number of methoxy groups -OCH3 is 1. The minimum atomic E-state index is -0.697. The van der Waals surface area contributed by atoms with Crippen molar-refractivity contribution >= 4 is 11.9 Å². The molecule has 1 saturated heterocycles. The van der Waals surface area contributed by atoms with E-state index in [-0.39, 0.29) is 12.5 Å². The molecule has 0 spiro atoms. The van der Waals surface area contributed by atoms with Gasteiger partial charge in [0.1, 0.15) is 18.7 Å². The molecule has 19 heavy (non-hydrogen) atoms. The van der Waals surface area contributed by atoms with Crippen molar-refractivity contribution in [1.29, 1.82) is 0 Å². The summed E-state index contributed by atoms with van der Waals surface area (Å²) in [5.74, 6) is -0.678. The Hall–Kier alpha value is -1.96. The molecule has 1 amide bonds. The molecule has 2 unspecified atom stereocenters. The molecule has 1 aliphatic heterocycles. The van der Waals surface area contributed by atoms with Gasteiger partial charge < -0.3 is 14.4 Å². The number of morpholine rings is 1. The topological polar surface area (TPSA) is 86.5 Å². The molecule has 0 aromatic carbocycles. The van der Waals surface area contributed by atoms with E-state index >= 15 is 0 Å². The van der Waals surface area contributed by atoms with Crippen LogP contribution in [0.4, 0.5) is 0 Å². The van der Waals surface area contributed by atoms with E-state index in [9.17, 15) is 9.59 Å². The van der Waals surface area contributed by atoms with E-state index in [1.165, 1.54) is 29.3 Å². The van der Waals surface area contributed by atoms with Crippen LogP contribution in [0.2, 0.25) is 0 Å². The smallest absolute Gasteiger partial charge is 0.331 e. The maximum atomic E-state index is 12.4. The first-order valence-corrected chi connectivity index (χ1v) is 5.95. The molecule has 2 heterocycles. The Bertz CT molecular complexity index is 448. The lowest BCUT2D eigenvalue weighted by Crippen LogP contribution is -2.54. The third-order valence-corrected chi connectivity index (χ3v) is 3.08. The summed E-state index contributed by atoms with van der Waals surface area (Å²) < 4.78 is 11.4. The van der Waals surface area contributed by atoms with Gasteiger partial charge in [0.2, 0.25) is 5.91 Å². The normalized spacial score (nSPS) is 20.9. The number of rotatable bonds is 3. The summed E-state index contributed by atoms with van der Waals surface area (Å²) in [6, 6.07) is -1.22. The average Bonchev–Trinajstić information content (AvgIpc) is 2.99. The van der Waals surface area contributed by atoms with Gasteiger partial charge in [-0.25, -0.2) is 14.5 Å². The SMILES string of the molecule is COC(=O)C1COCCN1C(=O)C(C)n1cncn1. The fourth-order valence-electron chi connectivity index (χ4n) is 1.97. The first-order chi connectivity index (χ1) is 9.15. The van der Waals surface area contributed by atoms with Crippen molar-refractivity contribution in [3.05, 3.63) is 12.7 Å². The standard InChI is InChI=1S/C11H16N4O4/c1-8(15-7-12-6-13-15)10(16)14-3-4-19-5-9(14)11(17)18-2/h6-9H,3-5H2,1-2H3. The second-order valence-electron chi connectivity index (χ2n) is 4.20. The fraction of sp³-hybridized carbons (Fsp3) is 0.636. The molecule has 1 aliphatic rings. The van der Waals surface area contributed by atoms with Crippen LogP contribution < -0.4 is 0 Å². The number of aromatic nitrogens is 3. The van der Waals surface area contributed by atoms with E-state index in [0.29, 0.717) is 13.2 Å². The van der Waals surface area contributed by atoms with Gasteiger partial charge in [-0.15, -0.1) is 0 Å². The summed E-state index contributed by atoms with van der Waals surface area (Å²) in [5, 5.41) is 3.93. The Morgan fingerprint density at radius 2 is 2.32 bits per heavy atom. The second kappa shape index (κ2) is 5.79. The number of hydrogen-bond acceptors (Lipinski definition) is 6. The number of nitrogens with zero attached hydrogens (tertiary/aromatic N) is 4. The van der Waals surface area contributed by atoms with Gasteiger partial charge in [-0.2, -0.15) is 5.10 Å². The van der Waals surface area contributed by atoms with Crippen LogP contribution >= 0.6 is 0 Å². The lowest BCUT2D eigenvalue weighted by Gasteiger charge is -2.35. The number of ether oxygens (including phenoxy) is 2. The van der Waals surface area contributed by atoms with Crippen LogP contribution in [-0.2, 0) is 19.1 Å². The largest absolute Gasteiger partial charge is 0.467 e. The highest BCUT2D eigenvalue weighted by Gasteiger charge is 2.36. The van der Waals surface area contributed by atoms with E-state index in [1.54, 1.807) is 6.92 Å². The predicted molar refractivity (Wildman–Crippen MR) is 63.1 cm³/mol. The van der Waals surface area contributed by atoms with Crippen molar-refractivity contribution in [2.75, 3.05) is 26.9 Å². The van der Waals surface area contributed by atoms with Gasteiger partial charge in [0, 0.05) is 6.54 Å². The zero-order chi connectivity index (χ0) is 13.8. The number of hydrogen-bond donors (Lipinski definition) is 0. The van der Waals surface area contributed by atoms with Crippen molar-refractivity contribution < 1.29 is 19.1 Å². The number of carbonyl (C=O) groups is 2. The van der Waals surface area contributed by atoms with Gasteiger partial charge in [-0.1, -0.05) is 0 Å². The highest BCUT2D eigenvalue weighted by molar-refractivity contribution is 5.86. The van der Waals surface area contributed by atoms with E-state index in [1.807, 2.05) is 0 Å². The van der Waals surface area contributed by atoms with Crippen LogP contribution in [0.25, 0.3) is 0 Å². The maximum Gasteiger partial charge on any atom is 0.331 e. The van der Waals surface area contributed by atoms with Gasteiger partial charge in [-0.3, -0.25) is 4.79 Å². The number of amides is 1. The molecule has 2 atom stereocenters. The maximum absolute atomic E-state index is 12.4. The minimum Gasteiger partial charge on any atom is -0.467 e. The van der Waals surface area contributed by atoms with Gasteiger partial charge in [0.25, 0.3) is 0 Å². The van der Waals surface area contributed by atoms with Crippen molar-refractivity contribution in [2.24, 2.45) is 0 Å². The molecule has 0 N–H and O–H groups in total. The molecule has 0 saturated carbocycles. The van der Waals surface area contributed by atoms with Crippen molar-refractivity contribution in [1.82, 2.24) is 19.7 Å². The van der Waals surface area contributed by atoms with Crippen molar-refractivity contribution in [2.45, 2.75) is 19.0 Å². The molecule has 0 aliphatic carbocycles. The summed E-state index contributed by atoms with van der Waals surface area (Å²) in [7, 11) is 1.29. The Labute approximate surface area is 110 Å². The molecule has 8 heteroatoms. The average molecular weight is 268 g/mol. The van der Waals surface area contributed by atoms with Crippen LogP contribution in [0, 0.1) is 0 Å². The van der Waals surface area contributed by atoms with E-state index in [0.717, 1.165) is 0 Å². The monoisotopic (exact) mass is 268 g/mol. The van der Waals surface area contributed by atoms with Crippen LogP contribution in [0.15, 0.2) is 12.7 Å². The lowest BCUT2D eigenvalue weighted by atomic mass is 10.2. The summed E-state index contributed by atoms with van der Waals surface area (Å²) >= 11 is 0. The van der Waals surface area contributed by atoms with Crippen LogP contribution in [0.1, 0.15) is 13.0 Å². The first kappa shape index (κ1) is 13.5. The molecular formula is C11H16N4O4. The summed E-state index contributed by atoms with van der Waals surface area (Å²) in [4.78, 5) is 29.3. The molecular weight excluding hydrogens is 252 g/mol. The zero-order valence-corrected chi connectivity index (χ0v) is 10.9. The second-order valence-corrected chi connectivity index (χ2v) is 4.20. The van der Waals surface area contributed by atoms with Crippen LogP contribution in [0.5, 0.6) is 0 Å². The lowest BCUT2D eigenvalue weighted by molar-refractivity contribution is -0.162. The molecule has 1 fully saturated rings. The molecule has 8 nitrogen and oxygen atoms in total. The Morgan fingerprint density at radius 3 is 2.95 bits per heavy atom. The third-order valence-electron chi connectivity index (χ3n) is 3.08. The predicted octanol–water partition coefficient (Wildman–Crippen LogP) is -0.760. The Kier molecular flexibility index (Phi) is 4.10. The molecule has 0 radical (unpaired) electrons. The van der Waals surface area contributed by atoms with Crippen LogP contribution in [0.3, 0.4) is 0 Å². The quantitative estimate of drug-likeness (QED) is 0.670. The molecule has 104 valence electrons. The molecule has 1 aromatic heterocycles. The van der Waals surface area contributed by atoms with E-state index in [4.69, 9.17) is 9.47 Å². The van der Waals surface area contributed by atoms with Crippen LogP contribution in [-0.4, -0.2) is 64.5 Å². The highest BCUT2D eigenvalue weighted by atomic mass is 16.5. The highest BCUT2D eigenvalue weighted by Crippen LogP contribution is 2.15. The summed E-state index contributed by atoms with van der Waals surface area (Å²) in [6.07, 6.45) is 2.83. The fourth-order valence-corrected chi connectivity index (χ4v) is 1.97. The molecule has 2 rings (SSSR count). The summed E-state index contributed by atoms with van der Waals surface area (Å²) in [6.45, 7) is 2.63. The third kappa shape index (κ3) is 2.73. The Balaban J connectivity index is 2.13. The van der Waals surface area contributed by atoms with Crippen molar-refractivity contribution in [3.8, 4) is 0 Å². The molecule has 1 aromatic rings. The van der Waals surface area contributed by atoms with Gasteiger partial charge in [-0.05, 0) is 6.92 Å². The number of carbonyl (C=O) groups excluding carboxylic acids is 2. The minimum absolute atomic E-state index is 0.155. The Morgan fingerprint density at radius 1 is 1.53 bits per heavy atom. The number of esters is 1. The van der Waals surface area contributed by atoms with Gasteiger partial charge >= 0.3 is 5.97 Å². The first-order valence-electron chi connectivity index (χ1n) is 5.95. The zero-order valence-electron chi connectivity index (χ0n) is 10.9. The van der Waals surface area contributed by atoms with E-state index in [2.05, 4.69) is 10.1 Å². The molecule has 0 bridgehead atoms.